The first-order valence-electron chi connectivity index (χ1n) is 4.30. The fourth-order valence-corrected chi connectivity index (χ4v) is 0.923. The highest BCUT2D eigenvalue weighted by Gasteiger charge is 1.87. The van der Waals surface area contributed by atoms with Crippen LogP contribution in [-0.2, 0) is 4.79 Å². The molecule has 0 saturated carbocycles. The SMILES string of the molecule is C=CC(N)=O.c1ccc2ncncc2c1. The molecule has 2 N–H and O–H groups in total. The van der Waals surface area contributed by atoms with Gasteiger partial charge in [-0.15, -0.1) is 0 Å². The second-order valence-corrected chi connectivity index (χ2v) is 2.69. The molecule has 4 nitrogen and oxygen atoms in total. The minimum Gasteiger partial charge on any atom is -0.366 e. The number of rotatable bonds is 1. The van der Waals surface area contributed by atoms with Gasteiger partial charge in [0.05, 0.1) is 5.52 Å². The summed E-state index contributed by atoms with van der Waals surface area (Å²) >= 11 is 0. The van der Waals surface area contributed by atoms with Crippen molar-refractivity contribution in [2.24, 2.45) is 5.73 Å². The summed E-state index contributed by atoms with van der Waals surface area (Å²) in [6, 6.07) is 7.91. The molecule has 1 aromatic heterocycles. The van der Waals surface area contributed by atoms with Crippen molar-refractivity contribution < 1.29 is 4.79 Å². The van der Waals surface area contributed by atoms with E-state index >= 15 is 0 Å². The summed E-state index contributed by atoms with van der Waals surface area (Å²) in [6.45, 7) is 3.09. The maximum absolute atomic E-state index is 9.47. The van der Waals surface area contributed by atoms with Crippen LogP contribution in [0.5, 0.6) is 0 Å². The Balaban J connectivity index is 0.000000195. The zero-order valence-corrected chi connectivity index (χ0v) is 8.13. The molecule has 0 saturated heterocycles. The lowest BCUT2D eigenvalue weighted by atomic mass is 10.2. The highest BCUT2D eigenvalue weighted by atomic mass is 16.1. The van der Waals surface area contributed by atoms with E-state index in [0.717, 1.165) is 17.0 Å². The predicted octanol–water partition coefficient (Wildman–Crippen LogP) is 1.29. The molecular formula is C11H11N3O. The summed E-state index contributed by atoms with van der Waals surface area (Å²) in [7, 11) is 0. The van der Waals surface area contributed by atoms with Crippen molar-refractivity contribution in [1.29, 1.82) is 0 Å². The second-order valence-electron chi connectivity index (χ2n) is 2.69. The van der Waals surface area contributed by atoms with E-state index in [9.17, 15) is 4.79 Å². The Kier molecular flexibility index (Phi) is 3.97. The number of primary amides is 1. The number of para-hydroxylation sites is 1. The molecule has 15 heavy (non-hydrogen) atoms. The molecule has 1 heterocycles. The summed E-state index contributed by atoms with van der Waals surface area (Å²) in [4.78, 5) is 17.4. The Morgan fingerprint density at radius 2 is 2.07 bits per heavy atom. The zero-order chi connectivity index (χ0) is 11.1. The van der Waals surface area contributed by atoms with Gasteiger partial charge in [-0.25, -0.2) is 9.97 Å². The number of fused-ring (bicyclic) bond motifs is 1. The normalized spacial score (nSPS) is 8.80. The van der Waals surface area contributed by atoms with E-state index in [1.807, 2.05) is 30.5 Å². The molecule has 4 heteroatoms. The van der Waals surface area contributed by atoms with E-state index in [1.165, 1.54) is 0 Å². The van der Waals surface area contributed by atoms with Gasteiger partial charge in [0, 0.05) is 11.6 Å². The first-order valence-corrected chi connectivity index (χ1v) is 4.30. The van der Waals surface area contributed by atoms with Gasteiger partial charge in [-0.05, 0) is 12.1 Å². The fraction of sp³-hybridized carbons (Fsp3) is 0. The zero-order valence-electron chi connectivity index (χ0n) is 8.13. The molecule has 0 aliphatic rings. The topological polar surface area (TPSA) is 68.9 Å². The third kappa shape index (κ3) is 3.56. The van der Waals surface area contributed by atoms with E-state index in [-0.39, 0.29) is 0 Å². The van der Waals surface area contributed by atoms with Crippen LogP contribution < -0.4 is 5.73 Å². The van der Waals surface area contributed by atoms with E-state index in [1.54, 1.807) is 6.33 Å². The number of hydrogen-bond acceptors (Lipinski definition) is 3. The summed E-state index contributed by atoms with van der Waals surface area (Å²) < 4.78 is 0. The van der Waals surface area contributed by atoms with Crippen LogP contribution in [0.15, 0.2) is 49.4 Å². The van der Waals surface area contributed by atoms with E-state index in [2.05, 4.69) is 22.3 Å². The van der Waals surface area contributed by atoms with Gasteiger partial charge < -0.3 is 5.73 Å². The van der Waals surface area contributed by atoms with Crippen molar-refractivity contribution in [3.05, 3.63) is 49.4 Å². The van der Waals surface area contributed by atoms with Gasteiger partial charge in [0.25, 0.3) is 0 Å². The van der Waals surface area contributed by atoms with Crippen LogP contribution >= 0.6 is 0 Å². The number of carbonyl (C=O) groups excluding carboxylic acids is 1. The lowest BCUT2D eigenvalue weighted by Crippen LogP contribution is -2.04. The molecule has 76 valence electrons. The Bertz CT molecular complexity index is 403. The molecule has 1 aromatic carbocycles. The summed E-state index contributed by atoms with van der Waals surface area (Å²) in [5.41, 5.74) is 5.53. The fourth-order valence-electron chi connectivity index (χ4n) is 0.923. The van der Waals surface area contributed by atoms with Crippen molar-refractivity contribution in [2.45, 2.75) is 0 Å². The minimum absolute atomic E-state index is 0.481. The van der Waals surface area contributed by atoms with Crippen molar-refractivity contribution in [1.82, 2.24) is 9.97 Å². The van der Waals surface area contributed by atoms with Gasteiger partial charge in [-0.1, -0.05) is 24.8 Å². The van der Waals surface area contributed by atoms with Crippen LogP contribution in [0.3, 0.4) is 0 Å². The van der Waals surface area contributed by atoms with Crippen molar-refractivity contribution in [3.8, 4) is 0 Å². The standard InChI is InChI=1S/C8H6N2.C3H5NO/c1-2-4-8-7(3-1)5-9-6-10-8;1-2-3(4)5/h1-6H;2H,1H2,(H2,4,5). The Morgan fingerprint density at radius 3 is 2.67 bits per heavy atom. The minimum atomic E-state index is -0.481. The molecule has 0 atom stereocenters. The van der Waals surface area contributed by atoms with Gasteiger partial charge in [0.2, 0.25) is 5.91 Å². The smallest absolute Gasteiger partial charge is 0.240 e. The summed E-state index contributed by atoms with van der Waals surface area (Å²) in [6.07, 6.45) is 4.42. The number of nitrogens with two attached hydrogens (primary N) is 1. The third-order valence-corrected chi connectivity index (χ3v) is 1.62. The number of benzene rings is 1. The van der Waals surface area contributed by atoms with Gasteiger partial charge >= 0.3 is 0 Å². The highest BCUT2D eigenvalue weighted by molar-refractivity contribution is 5.85. The van der Waals surface area contributed by atoms with Gasteiger partial charge in [-0.2, -0.15) is 0 Å². The van der Waals surface area contributed by atoms with Crippen LogP contribution in [-0.4, -0.2) is 15.9 Å². The molecule has 0 fully saturated rings. The van der Waals surface area contributed by atoms with Gasteiger partial charge in [-0.3, -0.25) is 4.79 Å². The molecule has 1 amide bonds. The molecule has 0 aliphatic carbocycles. The van der Waals surface area contributed by atoms with Crippen LogP contribution in [0.25, 0.3) is 10.9 Å². The van der Waals surface area contributed by atoms with Gasteiger partial charge in [0.15, 0.2) is 0 Å². The number of nitrogens with zero attached hydrogens (tertiary/aromatic N) is 2. The molecule has 0 aliphatic heterocycles. The van der Waals surface area contributed by atoms with Crippen LogP contribution in [0.4, 0.5) is 0 Å². The Labute approximate surface area is 87.5 Å². The lowest BCUT2D eigenvalue weighted by Gasteiger charge is -1.90. The average molecular weight is 201 g/mol. The van der Waals surface area contributed by atoms with Crippen molar-refractivity contribution in [3.63, 3.8) is 0 Å². The number of carbonyl (C=O) groups is 1. The van der Waals surface area contributed by atoms with Crippen LogP contribution in [0.1, 0.15) is 0 Å². The third-order valence-electron chi connectivity index (χ3n) is 1.62. The molecule has 0 spiro atoms. The molecule has 0 radical (unpaired) electrons. The molecule has 0 unspecified atom stereocenters. The number of aromatic nitrogens is 2. The average Bonchev–Trinajstić information content (AvgIpc) is 2.30. The molecule has 2 aromatic rings. The first kappa shape index (κ1) is 10.8. The van der Waals surface area contributed by atoms with Gasteiger partial charge in [0.1, 0.15) is 6.33 Å². The largest absolute Gasteiger partial charge is 0.366 e. The maximum Gasteiger partial charge on any atom is 0.240 e. The molecule has 0 bridgehead atoms. The maximum atomic E-state index is 9.47. The lowest BCUT2D eigenvalue weighted by molar-refractivity contribution is -0.113. The number of amides is 1. The monoisotopic (exact) mass is 201 g/mol. The first-order chi connectivity index (χ1) is 7.24. The van der Waals surface area contributed by atoms with Crippen molar-refractivity contribution >= 4 is 16.8 Å². The molecular weight excluding hydrogens is 190 g/mol. The Hall–Kier alpha value is -2.23. The highest BCUT2D eigenvalue weighted by Crippen LogP contribution is 2.06. The Morgan fingerprint density at radius 1 is 1.40 bits per heavy atom. The van der Waals surface area contributed by atoms with E-state index in [4.69, 9.17) is 0 Å². The summed E-state index contributed by atoms with van der Waals surface area (Å²) in [5, 5.41) is 1.09. The van der Waals surface area contributed by atoms with Crippen molar-refractivity contribution in [2.75, 3.05) is 0 Å². The van der Waals surface area contributed by atoms with Crippen LogP contribution in [0.2, 0.25) is 0 Å². The summed E-state index contributed by atoms with van der Waals surface area (Å²) in [5.74, 6) is -0.481. The molecule has 2 rings (SSSR count). The van der Waals surface area contributed by atoms with E-state index < -0.39 is 5.91 Å². The second kappa shape index (κ2) is 5.49. The van der Waals surface area contributed by atoms with E-state index in [0.29, 0.717) is 0 Å². The van der Waals surface area contributed by atoms with Crippen LogP contribution in [0, 0.1) is 0 Å². The predicted molar refractivity (Wildman–Crippen MR) is 58.9 cm³/mol. The number of hydrogen-bond donors (Lipinski definition) is 1. The quantitative estimate of drug-likeness (QED) is 0.707.